The lowest BCUT2D eigenvalue weighted by Gasteiger charge is -2.32. The predicted octanol–water partition coefficient (Wildman–Crippen LogP) is 2.64. The minimum absolute atomic E-state index is 0.664. The maximum absolute atomic E-state index is 2.43. The summed E-state index contributed by atoms with van der Waals surface area (Å²) in [5.74, 6) is 0.796. The Hall–Kier alpha value is -0.460. The monoisotopic (exact) mass is 153 g/mol. The molecule has 0 fully saturated rings. The van der Waals surface area contributed by atoms with Crippen LogP contribution < -0.4 is 0 Å². The van der Waals surface area contributed by atoms with Gasteiger partial charge in [0.05, 0.1) is 0 Å². The molecule has 11 heavy (non-hydrogen) atoms. The molecule has 0 N–H and O–H groups in total. The summed E-state index contributed by atoms with van der Waals surface area (Å²) in [5.41, 5.74) is 1.53. The molecule has 1 atom stereocenters. The van der Waals surface area contributed by atoms with Crippen LogP contribution in [0.4, 0.5) is 0 Å². The van der Waals surface area contributed by atoms with Crippen LogP contribution in [-0.4, -0.2) is 17.5 Å². The van der Waals surface area contributed by atoms with Gasteiger partial charge in [0.15, 0.2) is 0 Å². The Balaban J connectivity index is 2.62. The largest absolute Gasteiger partial charge is 0.375 e. The molecule has 1 heterocycles. The molecule has 1 aliphatic rings. The Kier molecular flexibility index (Phi) is 2.58. The first-order chi connectivity index (χ1) is 5.11. The lowest BCUT2D eigenvalue weighted by Crippen LogP contribution is -2.31. The van der Waals surface area contributed by atoms with Crippen molar-refractivity contribution in [1.29, 1.82) is 0 Å². The fourth-order valence-corrected chi connectivity index (χ4v) is 1.43. The molecule has 0 bridgehead atoms. The van der Waals surface area contributed by atoms with Crippen molar-refractivity contribution in [2.45, 2.75) is 40.2 Å². The molecule has 1 nitrogen and oxygen atoms in total. The van der Waals surface area contributed by atoms with Gasteiger partial charge in [-0.25, -0.2) is 0 Å². The molecule has 0 aromatic carbocycles. The summed E-state index contributed by atoms with van der Waals surface area (Å²) in [6.45, 7) is 10.3. The first-order valence-electron chi connectivity index (χ1n) is 4.55. The van der Waals surface area contributed by atoms with Gasteiger partial charge in [-0.3, -0.25) is 0 Å². The maximum atomic E-state index is 2.43. The quantitative estimate of drug-likeness (QED) is 0.560. The van der Waals surface area contributed by atoms with E-state index in [1.165, 1.54) is 18.5 Å². The van der Waals surface area contributed by atoms with E-state index in [1.807, 2.05) is 0 Å². The normalized spacial score (nSPS) is 25.7. The molecule has 1 aliphatic heterocycles. The summed E-state index contributed by atoms with van der Waals surface area (Å²) in [5, 5.41) is 0. The average Bonchev–Trinajstić information content (AvgIpc) is 1.94. The first-order valence-corrected chi connectivity index (χ1v) is 4.55. The van der Waals surface area contributed by atoms with E-state index in [9.17, 15) is 0 Å². The molecule has 0 saturated carbocycles. The SMILES string of the molecule is CC1=CN(C(C)C)CCC1C. The summed E-state index contributed by atoms with van der Waals surface area (Å²) >= 11 is 0. The van der Waals surface area contributed by atoms with Crippen molar-refractivity contribution in [2.75, 3.05) is 6.54 Å². The highest BCUT2D eigenvalue weighted by Crippen LogP contribution is 2.21. The Morgan fingerprint density at radius 1 is 1.55 bits per heavy atom. The average molecular weight is 153 g/mol. The van der Waals surface area contributed by atoms with Crippen molar-refractivity contribution in [2.24, 2.45) is 5.92 Å². The third-order valence-corrected chi connectivity index (χ3v) is 2.63. The molecule has 0 saturated heterocycles. The second kappa shape index (κ2) is 3.29. The smallest absolute Gasteiger partial charge is 0.0227 e. The number of nitrogens with zero attached hydrogens (tertiary/aromatic N) is 1. The van der Waals surface area contributed by atoms with Crippen LogP contribution in [0.3, 0.4) is 0 Å². The Morgan fingerprint density at radius 2 is 2.18 bits per heavy atom. The molecule has 1 rings (SSSR count). The lowest BCUT2D eigenvalue weighted by molar-refractivity contribution is 0.270. The number of hydrogen-bond acceptors (Lipinski definition) is 1. The van der Waals surface area contributed by atoms with Gasteiger partial charge in [-0.05, 0) is 39.3 Å². The molecular formula is C10H19N. The summed E-state index contributed by atoms with van der Waals surface area (Å²) < 4.78 is 0. The zero-order chi connectivity index (χ0) is 8.43. The fourth-order valence-electron chi connectivity index (χ4n) is 1.43. The minimum Gasteiger partial charge on any atom is -0.375 e. The van der Waals surface area contributed by atoms with Crippen LogP contribution in [0.15, 0.2) is 11.8 Å². The lowest BCUT2D eigenvalue weighted by atomic mass is 9.96. The molecule has 64 valence electrons. The van der Waals surface area contributed by atoms with Crippen molar-refractivity contribution in [3.63, 3.8) is 0 Å². The van der Waals surface area contributed by atoms with Gasteiger partial charge in [0, 0.05) is 12.6 Å². The highest BCUT2D eigenvalue weighted by molar-refractivity contribution is 5.05. The first kappa shape index (κ1) is 8.63. The van der Waals surface area contributed by atoms with Crippen LogP contribution in [0.25, 0.3) is 0 Å². The highest BCUT2D eigenvalue weighted by atomic mass is 15.1. The second-order valence-corrected chi connectivity index (χ2v) is 3.89. The van der Waals surface area contributed by atoms with Crippen molar-refractivity contribution < 1.29 is 0 Å². The standard InChI is InChI=1S/C10H19N/c1-8(2)11-6-5-9(3)10(4)7-11/h7-9H,5-6H2,1-4H3. The minimum atomic E-state index is 0.664. The molecule has 0 spiro atoms. The molecule has 0 aliphatic carbocycles. The van der Waals surface area contributed by atoms with E-state index in [-0.39, 0.29) is 0 Å². The van der Waals surface area contributed by atoms with Gasteiger partial charge in [-0.1, -0.05) is 12.5 Å². The van der Waals surface area contributed by atoms with E-state index < -0.39 is 0 Å². The van der Waals surface area contributed by atoms with E-state index in [2.05, 4.69) is 38.8 Å². The van der Waals surface area contributed by atoms with Crippen molar-refractivity contribution in [3.05, 3.63) is 11.8 Å². The Bertz CT molecular complexity index is 158. The van der Waals surface area contributed by atoms with E-state index in [0.717, 1.165) is 5.92 Å². The fraction of sp³-hybridized carbons (Fsp3) is 0.800. The van der Waals surface area contributed by atoms with Crippen LogP contribution in [0, 0.1) is 5.92 Å². The number of rotatable bonds is 1. The van der Waals surface area contributed by atoms with Gasteiger partial charge < -0.3 is 4.90 Å². The van der Waals surface area contributed by atoms with Crippen LogP contribution >= 0.6 is 0 Å². The maximum Gasteiger partial charge on any atom is 0.0227 e. The summed E-state index contributed by atoms with van der Waals surface area (Å²) in [6, 6.07) is 0.664. The van der Waals surface area contributed by atoms with Crippen LogP contribution in [-0.2, 0) is 0 Å². The van der Waals surface area contributed by atoms with Crippen molar-refractivity contribution in [1.82, 2.24) is 4.90 Å². The van der Waals surface area contributed by atoms with E-state index in [0.29, 0.717) is 6.04 Å². The van der Waals surface area contributed by atoms with Gasteiger partial charge in [0.1, 0.15) is 0 Å². The van der Waals surface area contributed by atoms with Crippen molar-refractivity contribution >= 4 is 0 Å². The van der Waals surface area contributed by atoms with Gasteiger partial charge in [0.2, 0.25) is 0 Å². The summed E-state index contributed by atoms with van der Waals surface area (Å²) in [4.78, 5) is 2.43. The predicted molar refractivity (Wildman–Crippen MR) is 49.4 cm³/mol. The second-order valence-electron chi connectivity index (χ2n) is 3.89. The molecule has 0 aromatic rings. The van der Waals surface area contributed by atoms with Crippen LogP contribution in [0.5, 0.6) is 0 Å². The van der Waals surface area contributed by atoms with Gasteiger partial charge in [-0.15, -0.1) is 0 Å². The third-order valence-electron chi connectivity index (χ3n) is 2.63. The zero-order valence-electron chi connectivity index (χ0n) is 8.09. The van der Waals surface area contributed by atoms with Crippen LogP contribution in [0.1, 0.15) is 34.1 Å². The highest BCUT2D eigenvalue weighted by Gasteiger charge is 2.15. The number of allylic oxidation sites excluding steroid dienone is 1. The van der Waals surface area contributed by atoms with E-state index in [1.54, 1.807) is 0 Å². The summed E-state index contributed by atoms with van der Waals surface area (Å²) in [6.07, 6.45) is 3.64. The molecule has 1 heteroatoms. The topological polar surface area (TPSA) is 3.24 Å². The van der Waals surface area contributed by atoms with E-state index in [4.69, 9.17) is 0 Å². The van der Waals surface area contributed by atoms with Crippen LogP contribution in [0.2, 0.25) is 0 Å². The molecular weight excluding hydrogens is 134 g/mol. The van der Waals surface area contributed by atoms with Gasteiger partial charge in [0.25, 0.3) is 0 Å². The third kappa shape index (κ3) is 1.98. The molecule has 1 unspecified atom stereocenters. The van der Waals surface area contributed by atoms with Gasteiger partial charge in [-0.2, -0.15) is 0 Å². The summed E-state index contributed by atoms with van der Waals surface area (Å²) in [7, 11) is 0. The molecule has 0 aromatic heterocycles. The van der Waals surface area contributed by atoms with Gasteiger partial charge >= 0.3 is 0 Å². The molecule has 0 radical (unpaired) electrons. The van der Waals surface area contributed by atoms with Crippen molar-refractivity contribution in [3.8, 4) is 0 Å². The Morgan fingerprint density at radius 3 is 2.64 bits per heavy atom. The Labute approximate surface area is 70.1 Å². The van der Waals surface area contributed by atoms with E-state index >= 15 is 0 Å². The number of hydrogen-bond donors (Lipinski definition) is 0. The zero-order valence-corrected chi connectivity index (χ0v) is 8.09. The molecule has 0 amide bonds.